The van der Waals surface area contributed by atoms with Crippen LogP contribution in [0.2, 0.25) is 5.02 Å². The number of amides is 1. The Morgan fingerprint density at radius 3 is 2.16 bits per heavy atom. The molecule has 0 atom stereocenters. The van der Waals surface area contributed by atoms with E-state index in [1.165, 1.54) is 0 Å². The van der Waals surface area contributed by atoms with Crippen LogP contribution in [0.1, 0.15) is 72.4 Å². The molecule has 3 rings (SSSR count). The summed E-state index contributed by atoms with van der Waals surface area (Å²) in [5.41, 5.74) is 4.83. The highest BCUT2D eigenvalue weighted by Crippen LogP contribution is 2.29. The Bertz CT molecular complexity index is 1100. The lowest BCUT2D eigenvalue weighted by atomic mass is 9.96. The van der Waals surface area contributed by atoms with Gasteiger partial charge in [-0.05, 0) is 53.8 Å². The van der Waals surface area contributed by atoms with Crippen LogP contribution >= 0.6 is 11.6 Å². The average molecular weight is 454 g/mol. The molecule has 0 aliphatic heterocycles. The fourth-order valence-electron chi connectivity index (χ4n) is 3.77. The van der Waals surface area contributed by atoms with Crippen LogP contribution in [-0.4, -0.2) is 26.8 Å². The van der Waals surface area contributed by atoms with Crippen LogP contribution in [0.15, 0.2) is 48.5 Å². The Hall–Kier alpha value is -3.12. The summed E-state index contributed by atoms with van der Waals surface area (Å²) in [4.78, 5) is 23.8. The molecule has 0 spiro atoms. The summed E-state index contributed by atoms with van der Waals surface area (Å²) in [6, 6.07) is 14.3. The first-order valence-corrected chi connectivity index (χ1v) is 11.0. The third-order valence-electron chi connectivity index (χ3n) is 5.20. The number of benzene rings is 2. The van der Waals surface area contributed by atoms with E-state index in [0.717, 1.165) is 22.5 Å². The van der Waals surface area contributed by atoms with Crippen molar-refractivity contribution < 1.29 is 14.7 Å². The molecular weight excluding hydrogens is 426 g/mol. The van der Waals surface area contributed by atoms with E-state index < -0.39 is 5.97 Å². The summed E-state index contributed by atoms with van der Waals surface area (Å²) in [5, 5.41) is 17.6. The average Bonchev–Trinajstić information content (AvgIpc) is 3.07. The van der Waals surface area contributed by atoms with Crippen LogP contribution in [0.5, 0.6) is 0 Å². The third-order valence-corrected chi connectivity index (χ3v) is 5.45. The summed E-state index contributed by atoms with van der Waals surface area (Å²) in [5.74, 6) is -0.784. The van der Waals surface area contributed by atoms with Crippen LogP contribution in [0.3, 0.4) is 0 Å². The molecule has 1 heterocycles. The van der Waals surface area contributed by atoms with Gasteiger partial charge < -0.3 is 10.4 Å². The number of rotatable bonds is 8. The van der Waals surface area contributed by atoms with Gasteiger partial charge in [-0.25, -0.2) is 0 Å². The Labute approximate surface area is 193 Å². The first-order chi connectivity index (χ1) is 15.2. The van der Waals surface area contributed by atoms with Gasteiger partial charge in [-0.3, -0.25) is 14.3 Å². The van der Waals surface area contributed by atoms with Crippen molar-refractivity contribution in [3.05, 3.63) is 81.6 Å². The van der Waals surface area contributed by atoms with Crippen molar-refractivity contribution >= 4 is 29.2 Å². The number of aromatic nitrogens is 2. The summed E-state index contributed by atoms with van der Waals surface area (Å²) < 4.78 is 1.92. The monoisotopic (exact) mass is 453 g/mol. The number of anilines is 1. The van der Waals surface area contributed by atoms with Crippen LogP contribution in [0.25, 0.3) is 0 Å². The van der Waals surface area contributed by atoms with Crippen molar-refractivity contribution in [2.45, 2.75) is 52.5 Å². The number of carboxylic acid groups (broad SMARTS) is 1. The zero-order valence-electron chi connectivity index (χ0n) is 18.7. The second-order valence-electron chi connectivity index (χ2n) is 8.44. The molecule has 168 valence electrons. The fraction of sp³-hybridized carbons (Fsp3) is 0.320. The predicted octanol–water partition coefficient (Wildman–Crippen LogP) is 5.71. The van der Waals surface area contributed by atoms with Gasteiger partial charge in [0.25, 0.3) is 5.91 Å². The van der Waals surface area contributed by atoms with Crippen molar-refractivity contribution in [2.75, 3.05) is 5.32 Å². The number of aliphatic carboxylic acids is 1. The van der Waals surface area contributed by atoms with E-state index in [-0.39, 0.29) is 24.2 Å². The lowest BCUT2D eigenvalue weighted by Crippen LogP contribution is -2.12. The summed E-state index contributed by atoms with van der Waals surface area (Å²) in [6.45, 7) is 8.69. The van der Waals surface area contributed by atoms with Gasteiger partial charge >= 0.3 is 5.97 Å². The second-order valence-corrected chi connectivity index (χ2v) is 8.88. The molecule has 6 nitrogen and oxygen atoms in total. The summed E-state index contributed by atoms with van der Waals surface area (Å²) >= 11 is 5.88. The maximum absolute atomic E-state index is 12.4. The number of carbonyl (C=O) groups is 2. The molecule has 0 fully saturated rings. The Kier molecular flexibility index (Phi) is 7.36. The van der Waals surface area contributed by atoms with Gasteiger partial charge in [0.2, 0.25) is 0 Å². The number of halogens is 1. The molecule has 7 heteroatoms. The minimum atomic E-state index is -0.853. The Morgan fingerprint density at radius 1 is 1.00 bits per heavy atom. The third kappa shape index (κ3) is 5.56. The van der Waals surface area contributed by atoms with Crippen molar-refractivity contribution in [1.82, 2.24) is 9.78 Å². The molecule has 1 amide bonds. The summed E-state index contributed by atoms with van der Waals surface area (Å²) in [6.07, 6.45) is -0.0311. The van der Waals surface area contributed by atoms with Crippen molar-refractivity contribution in [3.63, 3.8) is 0 Å². The van der Waals surface area contributed by atoms with Crippen molar-refractivity contribution in [3.8, 4) is 0 Å². The van der Waals surface area contributed by atoms with Crippen LogP contribution < -0.4 is 5.32 Å². The minimum Gasteiger partial charge on any atom is -0.481 e. The maximum Gasteiger partial charge on any atom is 0.307 e. The molecular formula is C25H28ClN3O3. The highest BCUT2D eigenvalue weighted by Gasteiger charge is 2.23. The number of hydrogen-bond donors (Lipinski definition) is 2. The molecule has 32 heavy (non-hydrogen) atoms. The molecule has 0 aliphatic carbocycles. The van der Waals surface area contributed by atoms with E-state index >= 15 is 0 Å². The quantitative estimate of drug-likeness (QED) is 0.457. The fourth-order valence-corrected chi connectivity index (χ4v) is 3.89. The number of carboxylic acids is 1. The van der Waals surface area contributed by atoms with E-state index in [4.69, 9.17) is 16.7 Å². The highest BCUT2D eigenvalue weighted by atomic mass is 35.5. The Balaban J connectivity index is 1.81. The van der Waals surface area contributed by atoms with Crippen LogP contribution in [0, 0.1) is 0 Å². The van der Waals surface area contributed by atoms with Gasteiger partial charge in [0.15, 0.2) is 0 Å². The number of hydrogen-bond acceptors (Lipinski definition) is 3. The smallest absolute Gasteiger partial charge is 0.307 e. The molecule has 3 aromatic rings. The van der Waals surface area contributed by atoms with E-state index in [0.29, 0.717) is 22.8 Å². The van der Waals surface area contributed by atoms with Gasteiger partial charge in [0.05, 0.1) is 18.7 Å². The zero-order chi connectivity index (χ0) is 23.4. The van der Waals surface area contributed by atoms with Gasteiger partial charge in [0.1, 0.15) is 0 Å². The molecule has 0 saturated heterocycles. The lowest BCUT2D eigenvalue weighted by molar-refractivity contribution is -0.136. The van der Waals surface area contributed by atoms with Gasteiger partial charge in [-0.2, -0.15) is 5.10 Å². The normalized spacial score (nSPS) is 11.2. The minimum absolute atomic E-state index is 0.0311. The molecule has 0 saturated carbocycles. The summed E-state index contributed by atoms with van der Waals surface area (Å²) in [7, 11) is 0. The highest BCUT2D eigenvalue weighted by molar-refractivity contribution is 6.30. The first kappa shape index (κ1) is 23.5. The standard InChI is InChI=1S/C25H28ClN3O3/c1-15(2)23-21(13-22(30)31)24(16(3)4)29(28-23)14-17-5-11-20(12-6-17)27-25(32)18-7-9-19(26)10-8-18/h5-12,15-16H,13-14H2,1-4H3,(H,27,32)(H,30,31). The molecule has 2 N–H and O–H groups in total. The topological polar surface area (TPSA) is 84.2 Å². The van der Waals surface area contributed by atoms with E-state index in [9.17, 15) is 14.7 Å². The SMILES string of the molecule is CC(C)c1nn(Cc2ccc(NC(=O)c3ccc(Cl)cc3)cc2)c(C(C)C)c1CC(=O)O. The zero-order valence-corrected chi connectivity index (χ0v) is 19.5. The number of carbonyl (C=O) groups excluding carboxylic acids is 1. The van der Waals surface area contributed by atoms with Gasteiger partial charge in [0, 0.05) is 27.5 Å². The van der Waals surface area contributed by atoms with E-state index in [2.05, 4.69) is 19.2 Å². The number of nitrogens with one attached hydrogen (secondary N) is 1. The van der Waals surface area contributed by atoms with E-state index in [1.54, 1.807) is 24.3 Å². The largest absolute Gasteiger partial charge is 0.481 e. The molecule has 0 radical (unpaired) electrons. The first-order valence-electron chi connectivity index (χ1n) is 10.6. The molecule has 1 aromatic heterocycles. The molecule has 0 aliphatic rings. The van der Waals surface area contributed by atoms with Crippen LogP contribution in [0.4, 0.5) is 5.69 Å². The van der Waals surface area contributed by atoms with Crippen molar-refractivity contribution in [2.24, 2.45) is 0 Å². The molecule has 0 bridgehead atoms. The Morgan fingerprint density at radius 2 is 1.62 bits per heavy atom. The number of nitrogens with zero attached hydrogens (tertiary/aromatic N) is 2. The van der Waals surface area contributed by atoms with Gasteiger partial charge in [-0.1, -0.05) is 51.4 Å². The predicted molar refractivity (Wildman–Crippen MR) is 127 cm³/mol. The molecule has 0 unspecified atom stereocenters. The van der Waals surface area contributed by atoms with Crippen LogP contribution in [-0.2, 0) is 17.8 Å². The van der Waals surface area contributed by atoms with Crippen molar-refractivity contribution in [1.29, 1.82) is 0 Å². The maximum atomic E-state index is 12.4. The second kappa shape index (κ2) is 10.0. The lowest BCUT2D eigenvalue weighted by Gasteiger charge is -2.13. The van der Waals surface area contributed by atoms with E-state index in [1.807, 2.05) is 42.8 Å². The van der Waals surface area contributed by atoms with Gasteiger partial charge in [-0.15, -0.1) is 0 Å². The molecule has 2 aromatic carbocycles.